The first-order chi connectivity index (χ1) is 2.89. The van der Waals surface area contributed by atoms with Crippen LogP contribution in [0.2, 0.25) is 0 Å². The van der Waals surface area contributed by atoms with Gasteiger partial charge >= 0.3 is 47.1 Å². The normalized spacial score (nSPS) is 9.00. The average Bonchev–Trinajstić information content (AvgIpc) is 1.86. The van der Waals surface area contributed by atoms with Crippen LogP contribution in [0.4, 0.5) is 0 Å². The van der Waals surface area contributed by atoms with Crippen molar-refractivity contribution in [3.05, 3.63) is 6.33 Å². The zero-order valence-corrected chi connectivity index (χ0v) is 4.44. The van der Waals surface area contributed by atoms with Crippen molar-refractivity contribution in [2.45, 2.75) is 0 Å². The summed E-state index contributed by atoms with van der Waals surface area (Å²) in [7, 11) is 0. The van der Waals surface area contributed by atoms with Crippen LogP contribution in [0.1, 0.15) is 0 Å². The molecule has 0 amide bonds. The van der Waals surface area contributed by atoms with Crippen LogP contribution < -0.4 is 3.91 Å². The third-order valence-electron chi connectivity index (χ3n) is 0.318. The third kappa shape index (κ3) is 0.772. The second-order valence-electron chi connectivity index (χ2n) is 0.662. The Bertz CT molecular complexity index is 115. The van der Waals surface area contributed by atoms with E-state index in [1.54, 1.807) is 0 Å². The SMILES string of the molecule is [Cu][c]1ncns1. The number of nitrogens with zero attached hydrogens (tertiary/aromatic N) is 2. The van der Waals surface area contributed by atoms with Gasteiger partial charge in [0.2, 0.25) is 0 Å². The molecule has 4 heteroatoms. The monoisotopic (exact) mass is 148 g/mol. The number of hydrogen-bond donors (Lipinski definition) is 0. The fraction of sp³-hybridized carbons (Fsp3) is 0. The van der Waals surface area contributed by atoms with Gasteiger partial charge in [-0.25, -0.2) is 0 Å². The maximum absolute atomic E-state index is 4.72. The molecule has 0 N–H and O–H groups in total. The molecule has 0 atom stereocenters. The molecule has 2 nitrogen and oxygen atoms in total. The molecule has 0 radical (unpaired) electrons. The Morgan fingerprint density at radius 3 is 2.83 bits per heavy atom. The van der Waals surface area contributed by atoms with Crippen LogP contribution in [-0.2, 0) is 16.0 Å². The Hall–Kier alpha value is 0.0795. The molecule has 0 aromatic carbocycles. The van der Waals surface area contributed by atoms with Crippen molar-refractivity contribution in [1.29, 1.82) is 0 Å². The second kappa shape index (κ2) is 1.69. The van der Waals surface area contributed by atoms with Gasteiger partial charge in [-0.05, 0) is 0 Å². The molecular weight excluding hydrogens is 148 g/mol. The predicted molar refractivity (Wildman–Crippen MR) is 19.5 cm³/mol. The molecule has 1 rings (SSSR count). The van der Waals surface area contributed by atoms with Gasteiger partial charge in [-0.3, -0.25) is 0 Å². The molecule has 36 valence electrons. The molecule has 0 saturated heterocycles. The summed E-state index contributed by atoms with van der Waals surface area (Å²) in [4.78, 5) is 3.63. The van der Waals surface area contributed by atoms with Crippen LogP contribution in [0.5, 0.6) is 0 Å². The zero-order valence-electron chi connectivity index (χ0n) is 2.68. The molecule has 0 bridgehead atoms. The number of aromatic nitrogens is 2. The van der Waals surface area contributed by atoms with Gasteiger partial charge in [0, 0.05) is 0 Å². The fourth-order valence-corrected chi connectivity index (χ4v) is 0.622. The topological polar surface area (TPSA) is 25.8 Å². The van der Waals surface area contributed by atoms with Crippen molar-refractivity contribution in [1.82, 2.24) is 9.36 Å². The van der Waals surface area contributed by atoms with Crippen LogP contribution in [-0.4, -0.2) is 9.36 Å². The molecule has 0 aliphatic rings. The van der Waals surface area contributed by atoms with E-state index in [0.29, 0.717) is 3.91 Å². The van der Waals surface area contributed by atoms with E-state index >= 15 is 0 Å². The fourth-order valence-electron chi connectivity index (χ4n) is 0.151. The Balaban J connectivity index is 3.05. The van der Waals surface area contributed by atoms with Crippen LogP contribution in [0.3, 0.4) is 0 Å². The van der Waals surface area contributed by atoms with E-state index in [-0.39, 0.29) is 0 Å². The van der Waals surface area contributed by atoms with Crippen LogP contribution >= 0.6 is 11.5 Å². The molecule has 1 heterocycles. The van der Waals surface area contributed by atoms with Gasteiger partial charge in [-0.2, -0.15) is 0 Å². The number of rotatable bonds is 0. The van der Waals surface area contributed by atoms with E-state index in [4.69, 9.17) is 16.0 Å². The summed E-state index contributed by atoms with van der Waals surface area (Å²) in [6, 6.07) is 0. The summed E-state index contributed by atoms with van der Waals surface area (Å²) in [5, 5.41) is 0. The van der Waals surface area contributed by atoms with E-state index in [1.165, 1.54) is 17.9 Å². The van der Waals surface area contributed by atoms with E-state index < -0.39 is 0 Å². The average molecular weight is 149 g/mol. The standard InChI is InChI=1S/C2HN2S.Cu/c1-3-2-5-4-1;/h1H;. The van der Waals surface area contributed by atoms with E-state index in [1.807, 2.05) is 0 Å². The first-order valence-electron chi connectivity index (χ1n) is 1.28. The van der Waals surface area contributed by atoms with Crippen molar-refractivity contribution in [2.24, 2.45) is 0 Å². The maximum atomic E-state index is 4.72. The molecular formula is C2HCuN2S. The van der Waals surface area contributed by atoms with Gasteiger partial charge in [-0.1, -0.05) is 0 Å². The first kappa shape index (κ1) is 4.24. The zero-order chi connectivity index (χ0) is 4.41. The molecule has 0 spiro atoms. The summed E-state index contributed by atoms with van der Waals surface area (Å²) in [6.45, 7) is 0. The molecule has 6 heavy (non-hydrogen) atoms. The Morgan fingerprint density at radius 1 is 1.83 bits per heavy atom. The van der Waals surface area contributed by atoms with Gasteiger partial charge in [0.15, 0.2) is 0 Å². The molecule has 1 aromatic heterocycles. The molecule has 0 fully saturated rings. The van der Waals surface area contributed by atoms with Crippen molar-refractivity contribution in [2.75, 3.05) is 0 Å². The number of hydrogen-bond acceptors (Lipinski definition) is 3. The molecule has 0 aliphatic heterocycles. The predicted octanol–water partition coefficient (Wildman–Crippen LogP) is -0.290. The molecule has 0 unspecified atom stereocenters. The van der Waals surface area contributed by atoms with E-state index in [2.05, 4.69) is 9.36 Å². The van der Waals surface area contributed by atoms with Crippen molar-refractivity contribution in [3.8, 4) is 0 Å². The van der Waals surface area contributed by atoms with Gasteiger partial charge in [-0.15, -0.1) is 0 Å². The molecule has 1 aromatic rings. The molecule has 0 aliphatic carbocycles. The van der Waals surface area contributed by atoms with Gasteiger partial charge in [0.05, 0.1) is 0 Å². The van der Waals surface area contributed by atoms with Crippen molar-refractivity contribution in [3.63, 3.8) is 0 Å². The minimum atomic E-state index is 0.586. The summed E-state index contributed by atoms with van der Waals surface area (Å²) < 4.78 is 4.23. The van der Waals surface area contributed by atoms with Crippen LogP contribution in [0.25, 0.3) is 0 Å². The van der Waals surface area contributed by atoms with Crippen LogP contribution in [0, 0.1) is 0 Å². The van der Waals surface area contributed by atoms with Gasteiger partial charge in [0.25, 0.3) is 0 Å². The third-order valence-corrected chi connectivity index (χ3v) is 1.14. The first-order valence-corrected chi connectivity index (χ1v) is 2.52. The summed E-state index contributed by atoms with van der Waals surface area (Å²) >= 11 is 5.95. The molecule has 0 saturated carbocycles. The quantitative estimate of drug-likeness (QED) is 0.473. The Kier molecular flexibility index (Phi) is 1.19. The summed E-state index contributed by atoms with van der Waals surface area (Å²) in [5.74, 6) is 0. The van der Waals surface area contributed by atoms with Gasteiger partial charge in [0.1, 0.15) is 0 Å². The Labute approximate surface area is 47.6 Å². The van der Waals surface area contributed by atoms with Crippen molar-refractivity contribution >= 4 is 15.4 Å². The second-order valence-corrected chi connectivity index (χ2v) is 2.15. The van der Waals surface area contributed by atoms with E-state index in [9.17, 15) is 0 Å². The Morgan fingerprint density at radius 2 is 2.67 bits per heavy atom. The van der Waals surface area contributed by atoms with E-state index in [0.717, 1.165) is 0 Å². The minimum absolute atomic E-state index is 0.586. The summed E-state index contributed by atoms with van der Waals surface area (Å²) in [6.07, 6.45) is 1.45. The summed E-state index contributed by atoms with van der Waals surface area (Å²) in [5.41, 5.74) is 0. The van der Waals surface area contributed by atoms with Crippen molar-refractivity contribution < 1.29 is 16.0 Å². The van der Waals surface area contributed by atoms with Crippen LogP contribution in [0.15, 0.2) is 6.33 Å². The van der Waals surface area contributed by atoms with Gasteiger partial charge < -0.3 is 0 Å².